The van der Waals surface area contributed by atoms with Crippen molar-refractivity contribution in [3.8, 4) is 0 Å². The van der Waals surface area contributed by atoms with Crippen molar-refractivity contribution < 1.29 is 43.1 Å². The molecule has 2 N–H and O–H groups in total. The largest absolute Gasteiger partial charge is 0.460 e. The summed E-state index contributed by atoms with van der Waals surface area (Å²) in [5.74, 6) is 2.16. The maximum atomic E-state index is 11.5. The van der Waals surface area contributed by atoms with Crippen molar-refractivity contribution in [1.29, 1.82) is 0 Å². The van der Waals surface area contributed by atoms with Gasteiger partial charge in [-0.3, -0.25) is 9.59 Å². The second-order valence-corrected chi connectivity index (χ2v) is 14.7. The van der Waals surface area contributed by atoms with Crippen LogP contribution in [-0.2, 0) is 38.0 Å². The van der Waals surface area contributed by atoms with E-state index in [1.54, 1.807) is 28.4 Å². The lowest BCUT2D eigenvalue weighted by Gasteiger charge is -2.39. The molecule has 3 saturated heterocycles. The number of nitrogens with one attached hydrogen (secondary N) is 1. The predicted octanol–water partition coefficient (Wildman–Crippen LogP) is 4.61. The van der Waals surface area contributed by atoms with E-state index in [2.05, 4.69) is 22.0 Å². The number of carbonyl (C=O) groups excluding carboxylic acids is 2. The molecule has 0 aliphatic carbocycles. The molecule has 0 radical (unpaired) electrons. The smallest absolute Gasteiger partial charge is 0.306 e. The zero-order chi connectivity index (χ0) is 37.9. The summed E-state index contributed by atoms with van der Waals surface area (Å²) in [6.45, 7) is 26.4. The fourth-order valence-electron chi connectivity index (χ4n) is 5.01. The molecule has 3 heterocycles. The van der Waals surface area contributed by atoms with Crippen LogP contribution in [0.15, 0.2) is 0 Å². The van der Waals surface area contributed by atoms with Crippen LogP contribution in [0.3, 0.4) is 0 Å². The molecule has 3 aliphatic rings. The number of methoxy groups -OCH3 is 4. The van der Waals surface area contributed by atoms with Gasteiger partial charge in [-0.2, -0.15) is 0 Å². The molecule has 12 nitrogen and oxygen atoms in total. The van der Waals surface area contributed by atoms with E-state index in [1.807, 2.05) is 48.5 Å². The minimum absolute atomic E-state index is 0.0139. The molecule has 0 bridgehead atoms. The SMILES string of the molecule is CC(C)(C)OC(=O)CCC1CNC1.CCC(OC)OC.CCC1CN(CCOC)C1.CO.COCCN1CC(CCC(=O)OC(C)(C)C)C1. The third-order valence-corrected chi connectivity index (χ3v) is 7.94. The van der Waals surface area contributed by atoms with Crippen molar-refractivity contribution in [2.45, 2.75) is 111 Å². The Kier molecular flexibility index (Phi) is 29.7. The number of esters is 2. The average molecular weight is 708 g/mol. The normalized spacial score (nSPS) is 16.9. The van der Waals surface area contributed by atoms with Gasteiger partial charge in [0.2, 0.25) is 0 Å². The molecular formula is C37H77N3O9. The first-order valence-corrected chi connectivity index (χ1v) is 18.2. The van der Waals surface area contributed by atoms with Crippen molar-refractivity contribution in [2.24, 2.45) is 17.8 Å². The molecule has 3 fully saturated rings. The number of rotatable bonds is 16. The number of hydrogen-bond acceptors (Lipinski definition) is 12. The molecule has 3 aliphatic heterocycles. The van der Waals surface area contributed by atoms with E-state index >= 15 is 0 Å². The lowest BCUT2D eigenvalue weighted by molar-refractivity contribution is -0.156. The van der Waals surface area contributed by atoms with Crippen molar-refractivity contribution in [1.82, 2.24) is 15.1 Å². The fourth-order valence-corrected chi connectivity index (χ4v) is 5.01. The summed E-state index contributed by atoms with van der Waals surface area (Å²) in [6, 6.07) is 0. The van der Waals surface area contributed by atoms with Gasteiger partial charge in [-0.05, 0) is 91.6 Å². The molecule has 0 saturated carbocycles. The first-order valence-electron chi connectivity index (χ1n) is 18.2. The summed E-state index contributed by atoms with van der Waals surface area (Å²) >= 11 is 0. The summed E-state index contributed by atoms with van der Waals surface area (Å²) in [6.07, 6.45) is 5.24. The van der Waals surface area contributed by atoms with Crippen LogP contribution >= 0.6 is 0 Å². The Balaban J connectivity index is 0. The number of likely N-dealkylation sites (tertiary alicyclic amines) is 2. The lowest BCUT2D eigenvalue weighted by atomic mass is 9.95. The zero-order valence-electron chi connectivity index (χ0n) is 33.7. The molecule has 0 amide bonds. The Hall–Kier alpha value is -1.38. The number of nitrogens with zero attached hydrogens (tertiary/aromatic N) is 2. The molecule has 49 heavy (non-hydrogen) atoms. The van der Waals surface area contributed by atoms with Crippen molar-refractivity contribution in [3.63, 3.8) is 0 Å². The van der Waals surface area contributed by atoms with Crippen LogP contribution in [0.1, 0.15) is 93.9 Å². The van der Waals surface area contributed by atoms with Gasteiger partial charge in [-0.25, -0.2) is 0 Å². The van der Waals surface area contributed by atoms with Gasteiger partial charge < -0.3 is 48.6 Å². The maximum Gasteiger partial charge on any atom is 0.306 e. The molecule has 0 spiro atoms. The van der Waals surface area contributed by atoms with Gasteiger partial charge in [0.25, 0.3) is 0 Å². The van der Waals surface area contributed by atoms with Crippen LogP contribution in [-0.4, -0.2) is 145 Å². The van der Waals surface area contributed by atoms with E-state index in [4.69, 9.17) is 33.5 Å². The number of ether oxygens (including phenoxy) is 6. The molecule has 0 aromatic carbocycles. The number of carbonyl (C=O) groups is 2. The van der Waals surface area contributed by atoms with Crippen LogP contribution in [0.4, 0.5) is 0 Å². The minimum Gasteiger partial charge on any atom is -0.460 e. The Morgan fingerprint density at radius 2 is 1.08 bits per heavy atom. The summed E-state index contributed by atoms with van der Waals surface area (Å²) < 4.78 is 30.1. The molecule has 12 heteroatoms. The maximum absolute atomic E-state index is 11.5. The molecule has 294 valence electrons. The molecule has 0 aromatic heterocycles. The summed E-state index contributed by atoms with van der Waals surface area (Å²) in [7, 11) is 7.76. The van der Waals surface area contributed by atoms with E-state index in [-0.39, 0.29) is 29.4 Å². The molecule has 0 unspecified atom stereocenters. The predicted molar refractivity (Wildman–Crippen MR) is 197 cm³/mol. The second kappa shape index (κ2) is 29.2. The van der Waals surface area contributed by atoms with E-state index in [1.165, 1.54) is 19.5 Å². The van der Waals surface area contributed by atoms with Gasteiger partial charge in [0.1, 0.15) is 11.2 Å². The van der Waals surface area contributed by atoms with Gasteiger partial charge >= 0.3 is 11.9 Å². The van der Waals surface area contributed by atoms with Gasteiger partial charge in [-0.15, -0.1) is 0 Å². The van der Waals surface area contributed by atoms with Crippen LogP contribution in [0, 0.1) is 17.8 Å². The molecule has 3 rings (SSSR count). The summed E-state index contributed by atoms with van der Waals surface area (Å²) in [5.41, 5.74) is -0.698. The number of hydrogen-bond donors (Lipinski definition) is 2. The number of aliphatic hydroxyl groups is 1. The highest BCUT2D eigenvalue weighted by molar-refractivity contribution is 5.70. The van der Waals surface area contributed by atoms with E-state index < -0.39 is 0 Å². The molecular weight excluding hydrogens is 630 g/mol. The average Bonchev–Trinajstić information content (AvgIpc) is 2.96. The van der Waals surface area contributed by atoms with Crippen LogP contribution < -0.4 is 5.32 Å². The van der Waals surface area contributed by atoms with Gasteiger partial charge in [-0.1, -0.05) is 20.3 Å². The first kappa shape index (κ1) is 49.7. The lowest BCUT2D eigenvalue weighted by Crippen LogP contribution is -2.48. The highest BCUT2D eigenvalue weighted by Gasteiger charge is 2.27. The Morgan fingerprint density at radius 1 is 0.694 bits per heavy atom. The quantitative estimate of drug-likeness (QED) is 0.172. The van der Waals surface area contributed by atoms with Gasteiger partial charge in [0.05, 0.1) is 13.2 Å². The molecule has 0 aromatic rings. The highest BCUT2D eigenvalue weighted by atomic mass is 16.7. The zero-order valence-corrected chi connectivity index (χ0v) is 33.7. The third-order valence-electron chi connectivity index (χ3n) is 7.94. The topological polar surface area (TPSA) is 128 Å². The Bertz CT molecular complexity index is 777. The van der Waals surface area contributed by atoms with E-state index in [0.29, 0.717) is 24.7 Å². The number of aliphatic hydroxyl groups excluding tert-OH is 1. The van der Waals surface area contributed by atoms with Crippen molar-refractivity contribution >= 4 is 11.9 Å². The van der Waals surface area contributed by atoms with E-state index in [0.717, 1.165) is 84.8 Å². The monoisotopic (exact) mass is 708 g/mol. The van der Waals surface area contributed by atoms with Gasteiger partial charge in [0, 0.05) is 87.7 Å². The summed E-state index contributed by atoms with van der Waals surface area (Å²) in [4.78, 5) is 27.6. The van der Waals surface area contributed by atoms with Crippen molar-refractivity contribution in [2.75, 3.05) is 101 Å². The van der Waals surface area contributed by atoms with Crippen LogP contribution in [0.25, 0.3) is 0 Å². The standard InChI is InChI=1S/C13H25NO3.C10H19NO2.C8H17NO.C5H12O2.CH4O/c1-13(2,3)17-12(15)6-5-11-9-14(10-11)7-8-16-4;1-10(2,3)13-9(12)5-4-8-6-11-7-8;1-3-8-6-9(7-8)4-5-10-2;1-4-5(6-2)7-3;1-2/h11H,5-10H2,1-4H3;8,11H,4-7H2,1-3H3;8H,3-7H2,1-2H3;5H,4H2,1-3H3;2H,1H3. The van der Waals surface area contributed by atoms with Crippen LogP contribution in [0.5, 0.6) is 0 Å². The van der Waals surface area contributed by atoms with E-state index in [9.17, 15) is 9.59 Å². The summed E-state index contributed by atoms with van der Waals surface area (Å²) in [5, 5.41) is 10.2. The Morgan fingerprint density at radius 3 is 1.35 bits per heavy atom. The van der Waals surface area contributed by atoms with Crippen molar-refractivity contribution in [3.05, 3.63) is 0 Å². The fraction of sp³-hybridized carbons (Fsp3) is 0.946. The Labute approximate surface area is 300 Å². The third kappa shape index (κ3) is 29.0. The first-order chi connectivity index (χ1) is 23.1. The van der Waals surface area contributed by atoms with Gasteiger partial charge in [0.15, 0.2) is 6.29 Å². The minimum atomic E-state index is -0.360. The molecule has 0 atom stereocenters. The second-order valence-electron chi connectivity index (χ2n) is 14.7. The highest BCUT2D eigenvalue weighted by Crippen LogP contribution is 2.21. The van der Waals surface area contributed by atoms with Crippen LogP contribution in [0.2, 0.25) is 0 Å².